The first-order valence-electron chi connectivity index (χ1n) is 11.5. The molecule has 2 aromatic carbocycles. The lowest BCUT2D eigenvalue weighted by atomic mass is 9.85. The fourth-order valence-electron chi connectivity index (χ4n) is 4.15. The summed E-state index contributed by atoms with van der Waals surface area (Å²) in [6, 6.07) is 17.2. The van der Waals surface area contributed by atoms with Crippen molar-refractivity contribution in [3.05, 3.63) is 108 Å². The van der Waals surface area contributed by atoms with Crippen LogP contribution in [0.1, 0.15) is 49.3 Å². The summed E-state index contributed by atoms with van der Waals surface area (Å²) in [5, 5.41) is 11.2. The molecule has 1 atom stereocenters. The smallest absolute Gasteiger partial charge is 0.296 e. The van der Waals surface area contributed by atoms with Crippen LogP contribution in [-0.4, -0.2) is 28.3 Å². The maximum atomic E-state index is 13.2. The highest BCUT2D eigenvalue weighted by Crippen LogP contribution is 2.41. The molecule has 35 heavy (non-hydrogen) atoms. The van der Waals surface area contributed by atoms with Gasteiger partial charge in [0.2, 0.25) is 0 Å². The standard InChI is InChI=1S/C29H29NO5/c1-5-16-34-22-14-10-20(11-15-22)26(31)24-25(19-8-12-21(13-9-19)29(2,3)4)30(28(33)27(24)32)18-23-7-6-17-35-23/h5-15,17,25,31H,1,16,18H2,2-4H3. The summed E-state index contributed by atoms with van der Waals surface area (Å²) < 4.78 is 11.0. The van der Waals surface area contributed by atoms with Crippen molar-refractivity contribution in [3.63, 3.8) is 0 Å². The van der Waals surface area contributed by atoms with Crippen LogP contribution in [0.15, 0.2) is 89.6 Å². The van der Waals surface area contributed by atoms with Crippen molar-refractivity contribution in [2.24, 2.45) is 0 Å². The van der Waals surface area contributed by atoms with Crippen LogP contribution in [0, 0.1) is 0 Å². The Labute approximate surface area is 205 Å². The Morgan fingerprint density at radius 2 is 1.77 bits per heavy atom. The molecule has 4 rings (SSSR count). The number of carbonyl (C=O) groups is 2. The Morgan fingerprint density at radius 1 is 1.09 bits per heavy atom. The first kappa shape index (κ1) is 24.1. The molecule has 1 aliphatic heterocycles. The van der Waals surface area contributed by atoms with Crippen LogP contribution in [0.5, 0.6) is 5.75 Å². The number of benzene rings is 2. The molecule has 3 aromatic rings. The van der Waals surface area contributed by atoms with Crippen molar-refractivity contribution < 1.29 is 23.8 Å². The minimum atomic E-state index is -0.759. The van der Waals surface area contributed by atoms with E-state index in [1.165, 1.54) is 11.2 Å². The Morgan fingerprint density at radius 3 is 2.34 bits per heavy atom. The molecule has 0 radical (unpaired) electrons. The van der Waals surface area contributed by atoms with Crippen molar-refractivity contribution in [1.82, 2.24) is 4.90 Å². The number of aliphatic hydroxyl groups excluding tert-OH is 1. The Balaban J connectivity index is 1.79. The predicted octanol–water partition coefficient (Wildman–Crippen LogP) is 5.76. The van der Waals surface area contributed by atoms with Gasteiger partial charge in [-0.2, -0.15) is 0 Å². The minimum Gasteiger partial charge on any atom is -0.507 e. The average Bonchev–Trinajstić information content (AvgIpc) is 3.44. The van der Waals surface area contributed by atoms with Gasteiger partial charge in [-0.15, -0.1) is 0 Å². The first-order chi connectivity index (χ1) is 16.7. The molecule has 1 aromatic heterocycles. The first-order valence-corrected chi connectivity index (χ1v) is 11.5. The number of ether oxygens (including phenoxy) is 1. The summed E-state index contributed by atoms with van der Waals surface area (Å²) in [6.07, 6.45) is 3.16. The molecule has 1 fully saturated rings. The van der Waals surface area contributed by atoms with Crippen LogP contribution in [0.4, 0.5) is 0 Å². The molecule has 0 saturated carbocycles. The van der Waals surface area contributed by atoms with Gasteiger partial charge in [0.1, 0.15) is 23.9 Å². The molecule has 6 heteroatoms. The maximum Gasteiger partial charge on any atom is 0.296 e. The lowest BCUT2D eigenvalue weighted by molar-refractivity contribution is -0.140. The number of carbonyl (C=O) groups excluding carboxylic acids is 2. The topological polar surface area (TPSA) is 80.0 Å². The maximum absolute atomic E-state index is 13.2. The van der Waals surface area contributed by atoms with E-state index in [0.717, 1.165) is 11.1 Å². The van der Waals surface area contributed by atoms with E-state index in [0.29, 0.717) is 23.7 Å². The zero-order chi connectivity index (χ0) is 25.2. The second-order valence-electron chi connectivity index (χ2n) is 9.50. The highest BCUT2D eigenvalue weighted by molar-refractivity contribution is 6.46. The zero-order valence-electron chi connectivity index (χ0n) is 20.2. The number of ketones is 1. The third-order valence-electron chi connectivity index (χ3n) is 6.03. The van der Waals surface area contributed by atoms with Crippen molar-refractivity contribution in [3.8, 4) is 5.75 Å². The lowest BCUT2D eigenvalue weighted by Crippen LogP contribution is -2.29. The van der Waals surface area contributed by atoms with Crippen LogP contribution < -0.4 is 4.74 Å². The zero-order valence-corrected chi connectivity index (χ0v) is 20.2. The Kier molecular flexibility index (Phi) is 6.65. The number of amides is 1. The van der Waals surface area contributed by atoms with E-state index in [-0.39, 0.29) is 23.3 Å². The summed E-state index contributed by atoms with van der Waals surface area (Å²) in [6.45, 7) is 10.4. The van der Waals surface area contributed by atoms with Crippen molar-refractivity contribution in [2.45, 2.75) is 38.8 Å². The minimum absolute atomic E-state index is 0.0461. The number of hydrogen-bond acceptors (Lipinski definition) is 5. The largest absolute Gasteiger partial charge is 0.507 e. The number of hydrogen-bond donors (Lipinski definition) is 1. The monoisotopic (exact) mass is 471 g/mol. The second-order valence-corrected chi connectivity index (χ2v) is 9.50. The van der Waals surface area contributed by atoms with E-state index in [4.69, 9.17) is 9.15 Å². The average molecular weight is 472 g/mol. The van der Waals surface area contributed by atoms with Gasteiger partial charge >= 0.3 is 0 Å². The number of likely N-dealkylation sites (tertiary alicyclic amines) is 1. The van der Waals surface area contributed by atoms with Crippen LogP contribution in [-0.2, 0) is 21.5 Å². The van der Waals surface area contributed by atoms with Crippen LogP contribution in [0.2, 0.25) is 0 Å². The van der Waals surface area contributed by atoms with Gasteiger partial charge in [-0.25, -0.2) is 0 Å². The van der Waals surface area contributed by atoms with Gasteiger partial charge in [0, 0.05) is 5.56 Å². The van der Waals surface area contributed by atoms with Gasteiger partial charge in [-0.3, -0.25) is 9.59 Å². The molecule has 1 unspecified atom stereocenters. The quantitative estimate of drug-likeness (QED) is 0.205. The normalized spacial score (nSPS) is 17.6. The van der Waals surface area contributed by atoms with E-state index in [9.17, 15) is 14.7 Å². The van der Waals surface area contributed by atoms with Crippen molar-refractivity contribution in [1.29, 1.82) is 0 Å². The third kappa shape index (κ3) is 4.92. The molecule has 1 N–H and O–H groups in total. The van der Waals surface area contributed by atoms with Gasteiger partial charge in [0.05, 0.1) is 24.4 Å². The molecular formula is C29H29NO5. The van der Waals surface area contributed by atoms with E-state index in [1.54, 1.807) is 42.5 Å². The van der Waals surface area contributed by atoms with E-state index in [1.807, 2.05) is 24.3 Å². The molecule has 1 amide bonds. The van der Waals surface area contributed by atoms with Gasteiger partial charge in [0.15, 0.2) is 0 Å². The van der Waals surface area contributed by atoms with Gasteiger partial charge in [-0.05, 0) is 52.9 Å². The van der Waals surface area contributed by atoms with Gasteiger partial charge < -0.3 is 19.2 Å². The highest BCUT2D eigenvalue weighted by Gasteiger charge is 2.46. The number of nitrogens with zero attached hydrogens (tertiary/aromatic N) is 1. The fraction of sp³-hybridized carbons (Fsp3) is 0.241. The van der Waals surface area contributed by atoms with E-state index in [2.05, 4.69) is 27.4 Å². The van der Waals surface area contributed by atoms with Gasteiger partial charge in [0.25, 0.3) is 11.7 Å². The summed E-state index contributed by atoms with van der Waals surface area (Å²) in [5.41, 5.74) is 2.27. The molecule has 1 saturated heterocycles. The summed E-state index contributed by atoms with van der Waals surface area (Å²) in [4.78, 5) is 27.8. The molecule has 1 aliphatic rings. The number of furan rings is 1. The Hall–Kier alpha value is -4.06. The van der Waals surface area contributed by atoms with Crippen molar-refractivity contribution >= 4 is 17.4 Å². The number of aliphatic hydroxyl groups is 1. The van der Waals surface area contributed by atoms with E-state index < -0.39 is 17.7 Å². The van der Waals surface area contributed by atoms with E-state index >= 15 is 0 Å². The molecule has 6 nitrogen and oxygen atoms in total. The molecule has 180 valence electrons. The number of rotatable bonds is 7. The SMILES string of the molecule is C=CCOc1ccc(C(O)=C2C(=O)C(=O)N(Cc3ccco3)C2c2ccc(C(C)(C)C)cc2)cc1. The third-order valence-corrected chi connectivity index (χ3v) is 6.03. The van der Waals surface area contributed by atoms with Crippen LogP contribution in [0.25, 0.3) is 5.76 Å². The summed E-state index contributed by atoms with van der Waals surface area (Å²) in [7, 11) is 0. The fourth-order valence-corrected chi connectivity index (χ4v) is 4.15. The van der Waals surface area contributed by atoms with Crippen LogP contribution >= 0.6 is 0 Å². The molecule has 0 spiro atoms. The number of Topliss-reactive ketones (excluding diaryl/α,β-unsaturated/α-hetero) is 1. The second kappa shape index (κ2) is 9.66. The molecule has 0 aliphatic carbocycles. The highest BCUT2D eigenvalue weighted by atomic mass is 16.5. The van der Waals surface area contributed by atoms with Gasteiger partial charge in [-0.1, -0.05) is 57.7 Å². The lowest BCUT2D eigenvalue weighted by Gasteiger charge is -2.26. The molecule has 2 heterocycles. The van der Waals surface area contributed by atoms with Crippen LogP contribution in [0.3, 0.4) is 0 Å². The summed E-state index contributed by atoms with van der Waals surface area (Å²) in [5.74, 6) is -0.490. The predicted molar refractivity (Wildman–Crippen MR) is 134 cm³/mol. The summed E-state index contributed by atoms with van der Waals surface area (Å²) >= 11 is 0. The van der Waals surface area contributed by atoms with Crippen molar-refractivity contribution in [2.75, 3.05) is 6.61 Å². The Bertz CT molecular complexity index is 1250. The molecule has 0 bridgehead atoms. The molecular weight excluding hydrogens is 442 g/mol.